The fraction of sp³-hybridized carbons (Fsp3) is 0.429. The fourth-order valence-electron chi connectivity index (χ4n) is 3.11. The van der Waals surface area contributed by atoms with E-state index in [4.69, 9.17) is 33.0 Å². The van der Waals surface area contributed by atoms with Crippen LogP contribution in [0.4, 0.5) is 0 Å². The highest BCUT2D eigenvalue weighted by Gasteiger charge is 2.22. The average Bonchev–Trinajstić information content (AvgIpc) is 3.28. The number of hydrogen-bond donors (Lipinski definition) is 3. The van der Waals surface area contributed by atoms with Gasteiger partial charge in [-0.2, -0.15) is 0 Å². The van der Waals surface area contributed by atoms with Crippen LogP contribution >= 0.6 is 58.7 Å². The number of hydrogen-bond acceptors (Lipinski definition) is 8. The number of thioether (sulfide) groups is 1. The van der Waals surface area contributed by atoms with E-state index in [-0.39, 0.29) is 35.9 Å². The molecule has 1 saturated heterocycles. The molecule has 3 rings (SSSR count). The van der Waals surface area contributed by atoms with Gasteiger partial charge in [0.15, 0.2) is 4.34 Å². The number of halogens is 3. The molecule has 1 aliphatic rings. The first kappa shape index (κ1) is 29.6. The van der Waals surface area contributed by atoms with E-state index in [1.165, 1.54) is 35.4 Å². The van der Waals surface area contributed by atoms with Crippen LogP contribution in [0, 0.1) is 0 Å². The molecule has 0 bridgehead atoms. The summed E-state index contributed by atoms with van der Waals surface area (Å²) >= 11 is 14.5. The van der Waals surface area contributed by atoms with E-state index in [0.717, 1.165) is 12.1 Å². The Bertz CT molecular complexity index is 1040. The molecule has 1 aromatic heterocycles. The Balaban J connectivity index is 0.00000432. The van der Waals surface area contributed by atoms with Crippen molar-refractivity contribution in [1.82, 2.24) is 20.5 Å². The Hall–Kier alpha value is -1.60. The van der Waals surface area contributed by atoms with Crippen LogP contribution in [0.25, 0.3) is 0 Å². The molecule has 9 nitrogen and oxygen atoms in total. The number of carboxylic acids is 1. The van der Waals surface area contributed by atoms with Crippen LogP contribution in [0.15, 0.2) is 27.9 Å². The molecule has 0 saturated carbocycles. The number of nitrogens with zero attached hydrogens (tertiary/aromatic N) is 2. The first-order chi connectivity index (χ1) is 16.2. The van der Waals surface area contributed by atoms with Gasteiger partial charge in [-0.3, -0.25) is 19.3 Å². The summed E-state index contributed by atoms with van der Waals surface area (Å²) in [5, 5.41) is 16.7. The third-order valence-electron chi connectivity index (χ3n) is 4.90. The molecule has 0 radical (unpaired) electrons. The standard InChI is InChI=1S/C21H24Cl2N4O5S2.ClH/c1-12(20(30)31)25-19(29)17-10-33-21(26-17)34-11-18(28)24-7-14-9-27(4-5-32-14)8-13-2-3-15(22)16(23)6-13;/h2-3,6,10,12,14H,4-5,7-9,11H2,1H3,(H,24,28)(H,25,29)(H,30,31);1H/t12-,14-;/m0./s1. The van der Waals surface area contributed by atoms with Crippen molar-refractivity contribution in [3.63, 3.8) is 0 Å². The van der Waals surface area contributed by atoms with Crippen molar-refractivity contribution >= 4 is 76.5 Å². The molecular weight excluding hydrogens is 559 g/mol. The molecule has 0 aliphatic carbocycles. The van der Waals surface area contributed by atoms with Gasteiger partial charge in [0.25, 0.3) is 5.91 Å². The van der Waals surface area contributed by atoms with E-state index in [1.807, 2.05) is 12.1 Å². The Morgan fingerprint density at radius 1 is 1.34 bits per heavy atom. The van der Waals surface area contributed by atoms with Gasteiger partial charge in [0.2, 0.25) is 5.91 Å². The second-order valence-corrected chi connectivity index (χ2v) is 10.5. The normalized spacial score (nSPS) is 16.7. The largest absolute Gasteiger partial charge is 0.480 e. The van der Waals surface area contributed by atoms with Crippen molar-refractivity contribution in [2.75, 3.05) is 32.0 Å². The molecule has 1 fully saturated rings. The molecule has 0 unspecified atom stereocenters. The predicted octanol–water partition coefficient (Wildman–Crippen LogP) is 3.18. The molecule has 1 aromatic carbocycles. The Morgan fingerprint density at radius 2 is 2.11 bits per heavy atom. The van der Waals surface area contributed by atoms with Crippen molar-refractivity contribution in [2.45, 2.75) is 30.0 Å². The van der Waals surface area contributed by atoms with Gasteiger partial charge in [0.05, 0.1) is 28.5 Å². The van der Waals surface area contributed by atoms with Crippen LogP contribution in [0.3, 0.4) is 0 Å². The summed E-state index contributed by atoms with van der Waals surface area (Å²) in [4.78, 5) is 41.5. The Morgan fingerprint density at radius 3 is 2.83 bits per heavy atom. The summed E-state index contributed by atoms with van der Waals surface area (Å²) in [6.45, 7) is 4.50. The van der Waals surface area contributed by atoms with E-state index in [2.05, 4.69) is 20.5 Å². The summed E-state index contributed by atoms with van der Waals surface area (Å²) in [7, 11) is 0. The molecule has 3 N–H and O–H groups in total. The van der Waals surface area contributed by atoms with Crippen molar-refractivity contribution in [2.24, 2.45) is 0 Å². The second-order valence-electron chi connectivity index (χ2n) is 7.60. The van der Waals surface area contributed by atoms with Gasteiger partial charge in [-0.25, -0.2) is 4.98 Å². The van der Waals surface area contributed by atoms with Crippen LogP contribution in [0.2, 0.25) is 10.0 Å². The van der Waals surface area contributed by atoms with Crippen molar-refractivity contribution in [3.8, 4) is 0 Å². The zero-order valence-corrected chi connectivity index (χ0v) is 22.6. The summed E-state index contributed by atoms with van der Waals surface area (Å²) in [5.74, 6) is -1.73. The first-order valence-electron chi connectivity index (χ1n) is 10.4. The highest BCUT2D eigenvalue weighted by Crippen LogP contribution is 2.24. The molecule has 2 amide bonds. The lowest BCUT2D eigenvalue weighted by molar-refractivity contribution is -0.138. The number of ether oxygens (including phenoxy) is 1. The van der Waals surface area contributed by atoms with Crippen LogP contribution < -0.4 is 10.6 Å². The number of nitrogens with one attached hydrogen (secondary N) is 2. The minimum Gasteiger partial charge on any atom is -0.480 e. The van der Waals surface area contributed by atoms with Gasteiger partial charge in [-0.15, -0.1) is 23.7 Å². The van der Waals surface area contributed by atoms with Crippen molar-refractivity contribution in [3.05, 3.63) is 44.9 Å². The van der Waals surface area contributed by atoms with Crippen LogP contribution in [0.1, 0.15) is 23.0 Å². The average molecular weight is 584 g/mol. The van der Waals surface area contributed by atoms with Gasteiger partial charge < -0.3 is 20.5 Å². The third kappa shape index (κ3) is 9.41. The second kappa shape index (κ2) is 14.2. The summed E-state index contributed by atoms with van der Waals surface area (Å²) in [6.07, 6.45) is -0.128. The number of benzene rings is 1. The van der Waals surface area contributed by atoms with Gasteiger partial charge in [0.1, 0.15) is 11.7 Å². The van der Waals surface area contributed by atoms with E-state index in [0.29, 0.717) is 40.6 Å². The van der Waals surface area contributed by atoms with Gasteiger partial charge in [-0.05, 0) is 24.6 Å². The molecule has 14 heteroatoms. The number of carboxylic acid groups (broad SMARTS) is 1. The molecule has 2 heterocycles. The predicted molar refractivity (Wildman–Crippen MR) is 139 cm³/mol. The van der Waals surface area contributed by atoms with E-state index < -0.39 is 17.9 Å². The minimum atomic E-state index is -1.13. The maximum atomic E-state index is 12.3. The summed E-state index contributed by atoms with van der Waals surface area (Å²) < 4.78 is 6.32. The highest BCUT2D eigenvalue weighted by molar-refractivity contribution is 8.01. The quantitative estimate of drug-likeness (QED) is 0.365. The molecule has 1 aliphatic heterocycles. The molecule has 192 valence electrons. The Kier molecular flexibility index (Phi) is 12.0. The zero-order valence-electron chi connectivity index (χ0n) is 18.7. The van der Waals surface area contributed by atoms with Crippen LogP contribution in [-0.2, 0) is 20.9 Å². The van der Waals surface area contributed by atoms with Crippen molar-refractivity contribution < 1.29 is 24.2 Å². The monoisotopic (exact) mass is 582 g/mol. The fourth-order valence-corrected chi connectivity index (χ4v) is 5.07. The Labute approximate surface area is 227 Å². The number of aromatic nitrogens is 1. The number of rotatable bonds is 10. The zero-order chi connectivity index (χ0) is 24.7. The van der Waals surface area contributed by atoms with Gasteiger partial charge in [0, 0.05) is 31.6 Å². The third-order valence-corrected chi connectivity index (χ3v) is 7.66. The van der Waals surface area contributed by atoms with Crippen LogP contribution in [0.5, 0.6) is 0 Å². The van der Waals surface area contributed by atoms with E-state index in [9.17, 15) is 14.4 Å². The van der Waals surface area contributed by atoms with Crippen LogP contribution in [-0.4, -0.2) is 76.9 Å². The molecule has 0 spiro atoms. The van der Waals surface area contributed by atoms with Gasteiger partial charge in [-0.1, -0.05) is 41.0 Å². The number of carbonyl (C=O) groups is 3. The number of morpholine rings is 1. The maximum Gasteiger partial charge on any atom is 0.325 e. The maximum absolute atomic E-state index is 12.3. The molecule has 35 heavy (non-hydrogen) atoms. The number of carbonyl (C=O) groups excluding carboxylic acids is 2. The highest BCUT2D eigenvalue weighted by atomic mass is 35.5. The molecular formula is C21H25Cl3N4O5S2. The van der Waals surface area contributed by atoms with Crippen molar-refractivity contribution in [1.29, 1.82) is 0 Å². The summed E-state index contributed by atoms with van der Waals surface area (Å²) in [5.41, 5.74) is 1.18. The first-order valence-corrected chi connectivity index (χ1v) is 13.0. The van der Waals surface area contributed by atoms with E-state index >= 15 is 0 Å². The number of amides is 2. The lowest BCUT2D eigenvalue weighted by atomic mass is 10.2. The lowest BCUT2D eigenvalue weighted by Gasteiger charge is -2.33. The topological polar surface area (TPSA) is 121 Å². The smallest absolute Gasteiger partial charge is 0.325 e. The SMILES string of the molecule is C[C@H](NC(=O)c1csc(SCC(=O)NC[C@H]2CN(Cc3ccc(Cl)c(Cl)c3)CCO2)n1)C(=O)O.Cl. The van der Waals surface area contributed by atoms with Gasteiger partial charge >= 0.3 is 5.97 Å². The minimum absolute atomic E-state index is 0. The molecule has 2 atom stereocenters. The number of thiazole rings is 1. The molecule has 2 aromatic rings. The lowest BCUT2D eigenvalue weighted by Crippen LogP contribution is -2.47. The summed E-state index contributed by atoms with van der Waals surface area (Å²) in [6, 6.07) is 4.56. The van der Waals surface area contributed by atoms with E-state index in [1.54, 1.807) is 6.07 Å². The number of aliphatic carboxylic acids is 1.